The summed E-state index contributed by atoms with van der Waals surface area (Å²) in [7, 11) is -1.91. The van der Waals surface area contributed by atoms with Gasteiger partial charge in [0.2, 0.25) is 0 Å². The first kappa shape index (κ1) is 18.3. The molecule has 0 aromatic heterocycles. The molecule has 1 unspecified atom stereocenters. The molecule has 1 aliphatic rings. The predicted molar refractivity (Wildman–Crippen MR) is 104 cm³/mol. The number of sulfonamides is 1. The van der Waals surface area contributed by atoms with E-state index in [1.54, 1.807) is 25.4 Å². The Morgan fingerprint density at radius 1 is 1.15 bits per heavy atom. The maximum absolute atomic E-state index is 12.9. The van der Waals surface area contributed by atoms with Crippen LogP contribution in [0.25, 0.3) is 0 Å². The van der Waals surface area contributed by atoms with Crippen LogP contribution in [0.5, 0.6) is 5.75 Å². The Hall–Kier alpha value is -2.53. The van der Waals surface area contributed by atoms with Crippen molar-refractivity contribution >= 4 is 10.0 Å². The molecule has 136 valence electrons. The second-order valence-corrected chi connectivity index (χ2v) is 8.35. The minimum absolute atomic E-state index is 0.0114. The fourth-order valence-electron chi connectivity index (χ4n) is 3.04. The minimum Gasteiger partial charge on any atom is -0.497 e. The summed E-state index contributed by atoms with van der Waals surface area (Å²) in [5.41, 5.74) is 3.18. The van der Waals surface area contributed by atoms with Crippen molar-refractivity contribution in [1.29, 1.82) is 0 Å². The number of benzene rings is 2. The number of hydrogen-bond acceptors (Lipinski definition) is 3. The van der Waals surface area contributed by atoms with Crippen LogP contribution >= 0.6 is 0 Å². The van der Waals surface area contributed by atoms with Crippen molar-refractivity contribution in [3.63, 3.8) is 0 Å². The third kappa shape index (κ3) is 3.68. The molecule has 0 saturated heterocycles. The Kier molecular flexibility index (Phi) is 5.18. The lowest BCUT2D eigenvalue weighted by atomic mass is 9.96. The summed E-state index contributed by atoms with van der Waals surface area (Å²) in [5, 5.41) is 0. The molecule has 3 rings (SSSR count). The van der Waals surface area contributed by atoms with Gasteiger partial charge in [0.05, 0.1) is 12.0 Å². The van der Waals surface area contributed by atoms with Crippen LogP contribution in [-0.4, -0.2) is 26.4 Å². The van der Waals surface area contributed by atoms with Gasteiger partial charge in [-0.25, -0.2) is 8.42 Å². The molecule has 0 fully saturated rings. The molecule has 0 radical (unpaired) electrons. The first-order valence-corrected chi connectivity index (χ1v) is 9.92. The highest BCUT2D eigenvalue weighted by Gasteiger charge is 2.31. The Labute approximate surface area is 155 Å². The van der Waals surface area contributed by atoms with Crippen LogP contribution in [0.2, 0.25) is 0 Å². The molecule has 2 aromatic carbocycles. The normalized spacial score (nSPS) is 17.1. The van der Waals surface area contributed by atoms with E-state index in [-0.39, 0.29) is 5.92 Å². The van der Waals surface area contributed by atoms with E-state index < -0.39 is 10.0 Å². The molecule has 1 heterocycles. The van der Waals surface area contributed by atoms with E-state index in [1.807, 2.05) is 49.4 Å². The number of nitrogens with zero attached hydrogens (tertiary/aromatic N) is 1. The zero-order valence-electron chi connectivity index (χ0n) is 15.1. The zero-order valence-corrected chi connectivity index (χ0v) is 15.9. The second-order valence-electron chi connectivity index (χ2n) is 6.46. The van der Waals surface area contributed by atoms with Gasteiger partial charge in [0.25, 0.3) is 10.0 Å². The maximum atomic E-state index is 12.9. The highest BCUT2D eigenvalue weighted by molar-refractivity contribution is 7.89. The number of ether oxygens (including phenoxy) is 1. The van der Waals surface area contributed by atoms with Gasteiger partial charge in [0.1, 0.15) is 5.75 Å². The summed E-state index contributed by atoms with van der Waals surface area (Å²) in [6, 6.07) is 14.8. The summed E-state index contributed by atoms with van der Waals surface area (Å²) < 4.78 is 32.5. The molecule has 0 N–H and O–H groups in total. The Morgan fingerprint density at radius 2 is 1.81 bits per heavy atom. The molecule has 0 amide bonds. The monoisotopic (exact) mass is 369 g/mol. The van der Waals surface area contributed by atoms with Crippen LogP contribution in [0.3, 0.4) is 0 Å². The van der Waals surface area contributed by atoms with Gasteiger partial charge in [-0.1, -0.05) is 35.9 Å². The van der Waals surface area contributed by atoms with E-state index in [4.69, 9.17) is 4.74 Å². The molecular formula is C21H23NO3S. The summed E-state index contributed by atoms with van der Waals surface area (Å²) in [6.07, 6.45) is 4.26. The average Bonchev–Trinajstić information content (AvgIpc) is 3.06. The molecule has 4 nitrogen and oxygen atoms in total. The van der Waals surface area contributed by atoms with Gasteiger partial charge in [-0.05, 0) is 48.7 Å². The van der Waals surface area contributed by atoms with Crippen molar-refractivity contribution in [2.75, 3.05) is 13.7 Å². The molecule has 1 aliphatic heterocycles. The van der Waals surface area contributed by atoms with Crippen molar-refractivity contribution in [2.24, 2.45) is 5.92 Å². The van der Waals surface area contributed by atoms with Crippen molar-refractivity contribution in [3.8, 4) is 5.75 Å². The quantitative estimate of drug-likeness (QED) is 0.725. The number of aryl methyl sites for hydroxylation is 1. The lowest BCUT2D eigenvalue weighted by molar-refractivity contribution is 0.414. The standard InChI is InChI=1S/C21H23NO3S/c1-4-18-14-22(26(23,24)21-11-5-16(2)6-12-21)15-19(18)13-17-7-9-20(25-3)10-8-17/h4-12,15,18H,1,13-14H2,2-3H3. The first-order valence-electron chi connectivity index (χ1n) is 8.48. The molecule has 2 aromatic rings. The van der Waals surface area contributed by atoms with Crippen LogP contribution in [0.15, 0.2) is 77.9 Å². The minimum atomic E-state index is -3.55. The van der Waals surface area contributed by atoms with Crippen molar-refractivity contribution < 1.29 is 13.2 Å². The fourth-order valence-corrected chi connectivity index (χ4v) is 4.42. The van der Waals surface area contributed by atoms with Gasteiger partial charge in [-0.15, -0.1) is 6.58 Å². The topological polar surface area (TPSA) is 46.6 Å². The summed E-state index contributed by atoms with van der Waals surface area (Å²) in [5.74, 6) is 0.815. The third-order valence-corrected chi connectivity index (χ3v) is 6.38. The lowest BCUT2D eigenvalue weighted by Crippen LogP contribution is -2.26. The van der Waals surface area contributed by atoms with E-state index in [1.165, 1.54) is 4.31 Å². The highest BCUT2D eigenvalue weighted by Crippen LogP contribution is 2.30. The van der Waals surface area contributed by atoms with Gasteiger partial charge < -0.3 is 4.74 Å². The van der Waals surface area contributed by atoms with Gasteiger partial charge >= 0.3 is 0 Å². The summed E-state index contributed by atoms with van der Waals surface area (Å²) in [6.45, 7) is 6.21. The number of methoxy groups -OCH3 is 1. The Morgan fingerprint density at radius 3 is 2.38 bits per heavy atom. The number of rotatable bonds is 6. The molecule has 0 bridgehead atoms. The molecule has 0 spiro atoms. The smallest absolute Gasteiger partial charge is 0.263 e. The lowest BCUT2D eigenvalue weighted by Gasteiger charge is -2.17. The van der Waals surface area contributed by atoms with E-state index in [2.05, 4.69) is 6.58 Å². The molecule has 0 saturated carbocycles. The van der Waals surface area contributed by atoms with Crippen LogP contribution in [0.1, 0.15) is 11.1 Å². The van der Waals surface area contributed by atoms with Crippen LogP contribution < -0.4 is 4.74 Å². The largest absolute Gasteiger partial charge is 0.497 e. The number of hydrogen-bond donors (Lipinski definition) is 0. The van der Waals surface area contributed by atoms with Gasteiger partial charge in [0.15, 0.2) is 0 Å². The summed E-state index contributed by atoms with van der Waals surface area (Å²) in [4.78, 5) is 0.313. The van der Waals surface area contributed by atoms with Crippen LogP contribution in [-0.2, 0) is 16.4 Å². The van der Waals surface area contributed by atoms with Crippen LogP contribution in [0.4, 0.5) is 0 Å². The van der Waals surface area contributed by atoms with Gasteiger partial charge in [0, 0.05) is 18.7 Å². The first-order chi connectivity index (χ1) is 12.4. The van der Waals surface area contributed by atoms with Crippen molar-refractivity contribution in [1.82, 2.24) is 4.31 Å². The van der Waals surface area contributed by atoms with Crippen molar-refractivity contribution in [3.05, 3.63) is 84.1 Å². The fraction of sp³-hybridized carbons (Fsp3) is 0.238. The van der Waals surface area contributed by atoms with Gasteiger partial charge in [-0.3, -0.25) is 4.31 Å². The Bertz CT molecular complexity index is 913. The third-order valence-electron chi connectivity index (χ3n) is 4.64. The maximum Gasteiger partial charge on any atom is 0.263 e. The zero-order chi connectivity index (χ0) is 18.7. The predicted octanol–water partition coefficient (Wildman–Crippen LogP) is 3.94. The van der Waals surface area contributed by atoms with Crippen molar-refractivity contribution in [2.45, 2.75) is 18.2 Å². The highest BCUT2D eigenvalue weighted by atomic mass is 32.2. The Balaban J connectivity index is 1.85. The summed E-state index contributed by atoms with van der Waals surface area (Å²) >= 11 is 0. The SMILES string of the molecule is C=CC1CN(S(=O)(=O)c2ccc(C)cc2)C=C1Cc1ccc(OC)cc1. The molecule has 5 heteroatoms. The van der Waals surface area contributed by atoms with E-state index in [0.717, 1.165) is 22.4 Å². The van der Waals surface area contributed by atoms with Gasteiger partial charge in [-0.2, -0.15) is 0 Å². The van der Waals surface area contributed by atoms with Crippen LogP contribution in [0, 0.1) is 12.8 Å². The molecule has 26 heavy (non-hydrogen) atoms. The van der Waals surface area contributed by atoms with E-state index in [9.17, 15) is 8.42 Å². The second kappa shape index (κ2) is 7.38. The van der Waals surface area contributed by atoms with E-state index >= 15 is 0 Å². The molecular weight excluding hydrogens is 346 g/mol. The average molecular weight is 369 g/mol. The molecule has 1 atom stereocenters. The molecule has 0 aliphatic carbocycles. The van der Waals surface area contributed by atoms with E-state index in [0.29, 0.717) is 17.9 Å².